The van der Waals surface area contributed by atoms with Crippen molar-refractivity contribution in [2.24, 2.45) is 0 Å². The number of aryl methyl sites for hydroxylation is 1. The van der Waals surface area contributed by atoms with Crippen LogP contribution in [-0.4, -0.2) is 11.5 Å². The Hall–Kier alpha value is -2.87. The average molecular weight is 281 g/mol. The first-order valence-electron chi connectivity index (χ1n) is 6.58. The van der Waals surface area contributed by atoms with Crippen molar-refractivity contribution in [2.75, 3.05) is 11.9 Å². The van der Waals surface area contributed by atoms with Gasteiger partial charge in [-0.1, -0.05) is 24.3 Å². The number of rotatable bonds is 5. The molecule has 2 aromatic rings. The van der Waals surface area contributed by atoms with Crippen molar-refractivity contribution in [2.45, 2.75) is 13.3 Å². The van der Waals surface area contributed by atoms with Gasteiger partial charge in [0.2, 0.25) is 0 Å². The first-order valence-corrected chi connectivity index (χ1v) is 6.58. The van der Waals surface area contributed by atoms with Crippen LogP contribution in [0.15, 0.2) is 42.5 Å². The van der Waals surface area contributed by atoms with E-state index in [9.17, 15) is 10.1 Å². The predicted octanol–water partition coefficient (Wildman–Crippen LogP) is 3.43. The van der Waals surface area contributed by atoms with E-state index in [1.54, 1.807) is 6.07 Å². The van der Waals surface area contributed by atoms with E-state index < -0.39 is 4.92 Å². The fraction of sp³-hybridized carbons (Fsp3) is 0.188. The van der Waals surface area contributed by atoms with Gasteiger partial charge in [0.25, 0.3) is 5.69 Å². The smallest absolute Gasteiger partial charge is 0.270 e. The highest BCUT2D eigenvalue weighted by Gasteiger charge is 2.10. The van der Waals surface area contributed by atoms with E-state index in [1.165, 1.54) is 23.3 Å². The number of nitrogens with one attached hydrogen (secondary N) is 1. The molecule has 21 heavy (non-hydrogen) atoms. The topological polar surface area (TPSA) is 79.0 Å². The lowest BCUT2D eigenvalue weighted by molar-refractivity contribution is -0.384. The second-order valence-corrected chi connectivity index (χ2v) is 4.70. The molecule has 0 saturated carbocycles. The Kier molecular flexibility index (Phi) is 4.52. The lowest BCUT2D eigenvalue weighted by Crippen LogP contribution is -2.07. The third-order valence-electron chi connectivity index (χ3n) is 3.31. The van der Waals surface area contributed by atoms with Gasteiger partial charge in [-0.25, -0.2) is 0 Å². The molecule has 0 atom stereocenters. The van der Waals surface area contributed by atoms with Gasteiger partial charge in [0.05, 0.1) is 16.2 Å². The molecule has 0 bridgehead atoms. The number of nitrogens with zero attached hydrogens (tertiary/aromatic N) is 2. The van der Waals surface area contributed by atoms with Gasteiger partial charge >= 0.3 is 0 Å². The van der Waals surface area contributed by atoms with E-state index in [1.807, 2.05) is 18.2 Å². The van der Waals surface area contributed by atoms with Crippen molar-refractivity contribution in [3.8, 4) is 6.07 Å². The van der Waals surface area contributed by atoms with Crippen LogP contribution in [0.5, 0.6) is 0 Å². The minimum Gasteiger partial charge on any atom is -0.384 e. The highest BCUT2D eigenvalue weighted by Crippen LogP contribution is 2.21. The summed E-state index contributed by atoms with van der Waals surface area (Å²) in [5, 5.41) is 22.9. The SMILES string of the molecule is Cc1ccccc1CCNc1ccc([N+](=O)[O-])cc1C#N. The third kappa shape index (κ3) is 3.57. The van der Waals surface area contributed by atoms with Crippen LogP contribution in [0.25, 0.3) is 0 Å². The summed E-state index contributed by atoms with van der Waals surface area (Å²) in [6, 6.07) is 14.4. The Morgan fingerprint density at radius 2 is 2.05 bits per heavy atom. The molecule has 1 N–H and O–H groups in total. The number of hydrogen-bond donors (Lipinski definition) is 1. The van der Waals surface area contributed by atoms with E-state index in [2.05, 4.69) is 24.4 Å². The van der Waals surface area contributed by atoms with Crippen molar-refractivity contribution < 1.29 is 4.92 Å². The quantitative estimate of drug-likeness (QED) is 0.672. The molecule has 0 heterocycles. The molecule has 0 saturated heterocycles. The van der Waals surface area contributed by atoms with Crippen molar-refractivity contribution >= 4 is 11.4 Å². The van der Waals surface area contributed by atoms with Gasteiger partial charge in [-0.3, -0.25) is 10.1 Å². The average Bonchev–Trinajstić information content (AvgIpc) is 2.49. The van der Waals surface area contributed by atoms with Gasteiger partial charge < -0.3 is 5.32 Å². The van der Waals surface area contributed by atoms with Gasteiger partial charge in [-0.05, 0) is 30.5 Å². The molecular weight excluding hydrogens is 266 g/mol. The second-order valence-electron chi connectivity index (χ2n) is 4.70. The summed E-state index contributed by atoms with van der Waals surface area (Å²) >= 11 is 0. The first kappa shape index (κ1) is 14.5. The molecule has 0 spiro atoms. The highest BCUT2D eigenvalue weighted by atomic mass is 16.6. The third-order valence-corrected chi connectivity index (χ3v) is 3.31. The number of benzene rings is 2. The molecule has 0 amide bonds. The molecular formula is C16H15N3O2. The van der Waals surface area contributed by atoms with Crippen molar-refractivity contribution in [1.29, 1.82) is 5.26 Å². The summed E-state index contributed by atoms with van der Waals surface area (Å²) in [6.07, 6.45) is 0.828. The monoisotopic (exact) mass is 281 g/mol. The maximum Gasteiger partial charge on any atom is 0.270 e. The maximum atomic E-state index is 10.7. The van der Waals surface area contributed by atoms with Gasteiger partial charge in [0, 0.05) is 18.7 Å². The van der Waals surface area contributed by atoms with Crippen LogP contribution in [0, 0.1) is 28.4 Å². The zero-order chi connectivity index (χ0) is 15.2. The summed E-state index contributed by atoms with van der Waals surface area (Å²) < 4.78 is 0. The van der Waals surface area contributed by atoms with E-state index >= 15 is 0 Å². The minimum atomic E-state index is -0.502. The lowest BCUT2D eigenvalue weighted by Gasteiger charge is -2.09. The molecule has 0 aliphatic heterocycles. The van der Waals surface area contributed by atoms with Crippen molar-refractivity contribution in [3.05, 3.63) is 69.3 Å². The Morgan fingerprint density at radius 3 is 2.71 bits per heavy atom. The van der Waals surface area contributed by atoms with Crippen LogP contribution in [0.4, 0.5) is 11.4 Å². The summed E-state index contributed by atoms with van der Waals surface area (Å²) in [4.78, 5) is 10.2. The summed E-state index contributed by atoms with van der Waals surface area (Å²) in [5.41, 5.74) is 3.30. The normalized spacial score (nSPS) is 9.90. The molecule has 106 valence electrons. The van der Waals surface area contributed by atoms with Crippen LogP contribution >= 0.6 is 0 Å². The number of nitro benzene ring substituents is 1. The molecule has 0 aromatic heterocycles. The molecule has 5 nitrogen and oxygen atoms in total. The fourth-order valence-electron chi connectivity index (χ4n) is 2.11. The lowest BCUT2D eigenvalue weighted by atomic mass is 10.1. The first-order chi connectivity index (χ1) is 10.1. The maximum absolute atomic E-state index is 10.7. The number of anilines is 1. The zero-order valence-corrected chi connectivity index (χ0v) is 11.7. The van der Waals surface area contributed by atoms with Crippen LogP contribution in [0.2, 0.25) is 0 Å². The number of hydrogen-bond acceptors (Lipinski definition) is 4. The number of nitro groups is 1. The molecule has 2 aromatic carbocycles. The molecule has 0 aliphatic rings. The molecule has 5 heteroatoms. The number of non-ortho nitro benzene ring substituents is 1. The van der Waals surface area contributed by atoms with Crippen LogP contribution < -0.4 is 5.32 Å². The van der Waals surface area contributed by atoms with E-state index in [0.29, 0.717) is 12.2 Å². The number of nitriles is 1. The van der Waals surface area contributed by atoms with E-state index in [4.69, 9.17) is 5.26 Å². The largest absolute Gasteiger partial charge is 0.384 e. The Balaban J connectivity index is 2.05. The van der Waals surface area contributed by atoms with Crippen LogP contribution in [0.1, 0.15) is 16.7 Å². The van der Waals surface area contributed by atoms with Crippen molar-refractivity contribution in [1.82, 2.24) is 0 Å². The summed E-state index contributed by atoms with van der Waals surface area (Å²) in [5.74, 6) is 0. The van der Waals surface area contributed by atoms with Crippen LogP contribution in [-0.2, 0) is 6.42 Å². The second kappa shape index (κ2) is 6.53. The molecule has 0 radical (unpaired) electrons. The Bertz CT molecular complexity index is 705. The summed E-state index contributed by atoms with van der Waals surface area (Å²) in [6.45, 7) is 2.72. The molecule has 2 rings (SSSR count). The van der Waals surface area contributed by atoms with Crippen molar-refractivity contribution in [3.63, 3.8) is 0 Å². The molecule has 0 fully saturated rings. The van der Waals surface area contributed by atoms with Gasteiger partial charge in [-0.15, -0.1) is 0 Å². The van der Waals surface area contributed by atoms with Crippen LogP contribution in [0.3, 0.4) is 0 Å². The standard InChI is InChI=1S/C16H15N3O2/c1-12-4-2-3-5-13(12)8-9-18-16-7-6-15(19(20)21)10-14(16)11-17/h2-7,10,18H,8-9H2,1H3. The molecule has 0 unspecified atom stereocenters. The van der Waals surface area contributed by atoms with Gasteiger partial charge in [-0.2, -0.15) is 5.26 Å². The highest BCUT2D eigenvalue weighted by molar-refractivity contribution is 5.61. The minimum absolute atomic E-state index is 0.0731. The predicted molar refractivity (Wildman–Crippen MR) is 81.2 cm³/mol. The Morgan fingerprint density at radius 1 is 1.29 bits per heavy atom. The molecule has 0 aliphatic carbocycles. The van der Waals surface area contributed by atoms with Gasteiger partial charge in [0.1, 0.15) is 6.07 Å². The van der Waals surface area contributed by atoms with E-state index in [-0.39, 0.29) is 11.3 Å². The zero-order valence-electron chi connectivity index (χ0n) is 11.7. The summed E-state index contributed by atoms with van der Waals surface area (Å²) in [7, 11) is 0. The Labute approximate surface area is 123 Å². The van der Waals surface area contributed by atoms with Gasteiger partial charge in [0.15, 0.2) is 0 Å². The van der Waals surface area contributed by atoms with E-state index in [0.717, 1.165) is 6.42 Å². The fourth-order valence-corrected chi connectivity index (χ4v) is 2.11.